The Bertz CT molecular complexity index is 1520. The summed E-state index contributed by atoms with van der Waals surface area (Å²) < 4.78 is 36.2. The van der Waals surface area contributed by atoms with Crippen LogP contribution in [0.5, 0.6) is 5.75 Å². The number of anilines is 2. The minimum absolute atomic E-state index is 0.000127. The number of halogens is 2. The van der Waals surface area contributed by atoms with Gasteiger partial charge in [-0.1, -0.05) is 0 Å². The Balaban J connectivity index is 1.61. The number of benzene rings is 1. The van der Waals surface area contributed by atoms with Gasteiger partial charge in [-0.25, -0.2) is 18.7 Å². The summed E-state index contributed by atoms with van der Waals surface area (Å²) in [6.45, 7) is 0.926. The highest BCUT2D eigenvalue weighted by atomic mass is 19.1. The Morgan fingerprint density at radius 1 is 1.18 bits per heavy atom. The molecular weight excluding hydrogens is 494 g/mol. The molecule has 198 valence electrons. The number of carbonyl (C=O) groups excluding carboxylic acids is 1. The van der Waals surface area contributed by atoms with Gasteiger partial charge in [0.2, 0.25) is 5.91 Å². The molecule has 1 aromatic carbocycles. The van der Waals surface area contributed by atoms with Gasteiger partial charge >= 0.3 is 0 Å². The van der Waals surface area contributed by atoms with Crippen LogP contribution in [0.25, 0.3) is 16.9 Å². The number of rotatable bonds is 6. The van der Waals surface area contributed by atoms with Gasteiger partial charge in [0.1, 0.15) is 11.4 Å². The Labute approximate surface area is 217 Å². The van der Waals surface area contributed by atoms with Crippen LogP contribution in [0, 0.1) is 11.6 Å². The van der Waals surface area contributed by atoms with E-state index in [2.05, 4.69) is 20.3 Å². The highest BCUT2D eigenvalue weighted by Gasteiger charge is 2.38. The zero-order chi connectivity index (χ0) is 27.0. The van der Waals surface area contributed by atoms with E-state index in [0.717, 1.165) is 29.1 Å². The highest BCUT2D eigenvalue weighted by molar-refractivity contribution is 5.87. The summed E-state index contributed by atoms with van der Waals surface area (Å²) >= 11 is 0. The number of methoxy groups -OCH3 is 1. The molecule has 3 aromatic heterocycles. The van der Waals surface area contributed by atoms with Gasteiger partial charge in [-0.2, -0.15) is 0 Å². The fourth-order valence-electron chi connectivity index (χ4n) is 4.98. The number of ether oxygens (including phenoxy) is 1. The van der Waals surface area contributed by atoms with E-state index in [1.165, 1.54) is 7.11 Å². The van der Waals surface area contributed by atoms with E-state index in [9.17, 15) is 13.6 Å². The van der Waals surface area contributed by atoms with Crippen molar-refractivity contribution in [1.82, 2.24) is 24.7 Å². The lowest BCUT2D eigenvalue weighted by Gasteiger charge is -2.40. The molecule has 10 nitrogen and oxygen atoms in total. The van der Waals surface area contributed by atoms with Crippen LogP contribution in [0.4, 0.5) is 20.3 Å². The number of nitrogen functional groups attached to an aromatic ring is 1. The van der Waals surface area contributed by atoms with Crippen LogP contribution in [0.15, 0.2) is 43.0 Å². The molecule has 5 N–H and O–H groups in total. The van der Waals surface area contributed by atoms with Gasteiger partial charge in [-0.15, -0.1) is 0 Å². The summed E-state index contributed by atoms with van der Waals surface area (Å²) in [7, 11) is 2.83. The van der Waals surface area contributed by atoms with Crippen LogP contribution in [0.1, 0.15) is 24.1 Å². The number of hydrogen-bond acceptors (Lipinski definition) is 8. The van der Waals surface area contributed by atoms with Crippen molar-refractivity contribution in [3.63, 3.8) is 0 Å². The summed E-state index contributed by atoms with van der Waals surface area (Å²) in [5.41, 5.74) is 14.5. The topological polar surface area (TPSA) is 137 Å². The van der Waals surface area contributed by atoms with Gasteiger partial charge in [0.05, 0.1) is 24.7 Å². The van der Waals surface area contributed by atoms with Crippen LogP contribution in [0.3, 0.4) is 0 Å². The molecule has 38 heavy (non-hydrogen) atoms. The van der Waals surface area contributed by atoms with Crippen molar-refractivity contribution in [1.29, 1.82) is 0 Å². The number of hydrogen-bond donors (Lipinski definition) is 3. The number of nitrogens with one attached hydrogen (secondary N) is 1. The zero-order valence-electron chi connectivity index (χ0n) is 21.0. The van der Waals surface area contributed by atoms with Gasteiger partial charge in [-0.3, -0.25) is 14.2 Å². The number of pyridine rings is 1. The lowest BCUT2D eigenvalue weighted by Crippen LogP contribution is -2.62. The second kappa shape index (κ2) is 9.86. The Morgan fingerprint density at radius 3 is 2.76 bits per heavy atom. The summed E-state index contributed by atoms with van der Waals surface area (Å²) in [5, 5.41) is 2.65. The molecule has 0 bridgehead atoms. The number of aromatic nitrogens is 4. The molecule has 1 fully saturated rings. The van der Waals surface area contributed by atoms with E-state index in [0.29, 0.717) is 37.3 Å². The third-order valence-electron chi connectivity index (χ3n) is 6.93. The molecule has 0 radical (unpaired) electrons. The molecule has 0 saturated carbocycles. The number of carbonyl (C=O) groups is 1. The zero-order valence-corrected chi connectivity index (χ0v) is 21.0. The number of imidazole rings is 1. The SMILES string of the molecule is CNC(=O)C1(N)CCCN(c2cnc(-c3cc(F)c(OC)cc3F)cc2Cc2cnc3c(N)nccn23)C1. The Morgan fingerprint density at radius 2 is 2.00 bits per heavy atom. The highest BCUT2D eigenvalue weighted by Crippen LogP contribution is 2.34. The number of amides is 1. The Hall–Kier alpha value is -4.32. The van der Waals surface area contributed by atoms with E-state index in [1.807, 2.05) is 9.30 Å². The summed E-state index contributed by atoms with van der Waals surface area (Å²) in [4.78, 5) is 27.5. The van der Waals surface area contributed by atoms with Crippen LogP contribution < -0.4 is 26.4 Å². The molecular formula is C26H28F2N8O2. The molecule has 1 atom stereocenters. The first-order chi connectivity index (χ1) is 18.2. The monoisotopic (exact) mass is 522 g/mol. The maximum Gasteiger partial charge on any atom is 0.241 e. The molecule has 1 amide bonds. The fraction of sp³-hybridized carbons (Fsp3) is 0.308. The maximum absolute atomic E-state index is 15.0. The predicted octanol–water partition coefficient (Wildman–Crippen LogP) is 2.29. The van der Waals surface area contributed by atoms with Crippen molar-refractivity contribution >= 4 is 23.1 Å². The average molecular weight is 523 g/mol. The van der Waals surface area contributed by atoms with Crippen molar-refractivity contribution in [2.75, 3.05) is 37.9 Å². The third kappa shape index (κ3) is 4.47. The van der Waals surface area contributed by atoms with Gasteiger partial charge in [0, 0.05) is 62.5 Å². The van der Waals surface area contributed by atoms with Crippen LogP contribution >= 0.6 is 0 Å². The molecule has 5 rings (SSSR count). The minimum atomic E-state index is -1.07. The molecule has 1 saturated heterocycles. The molecule has 4 heterocycles. The van der Waals surface area contributed by atoms with E-state index in [1.54, 1.807) is 37.9 Å². The Kier molecular flexibility index (Phi) is 6.57. The third-order valence-corrected chi connectivity index (χ3v) is 6.93. The van der Waals surface area contributed by atoms with Crippen molar-refractivity contribution in [3.05, 3.63) is 65.9 Å². The van der Waals surface area contributed by atoms with Crippen LogP contribution in [-0.4, -0.2) is 58.0 Å². The van der Waals surface area contributed by atoms with Gasteiger partial charge < -0.3 is 26.4 Å². The lowest BCUT2D eigenvalue weighted by molar-refractivity contribution is -0.126. The first kappa shape index (κ1) is 25.3. The second-order valence-electron chi connectivity index (χ2n) is 9.36. The summed E-state index contributed by atoms with van der Waals surface area (Å²) in [6, 6.07) is 3.78. The quantitative estimate of drug-likeness (QED) is 0.351. The lowest BCUT2D eigenvalue weighted by atomic mass is 9.88. The summed E-state index contributed by atoms with van der Waals surface area (Å²) in [5.74, 6) is -1.51. The van der Waals surface area contributed by atoms with E-state index in [-0.39, 0.29) is 29.5 Å². The van der Waals surface area contributed by atoms with Gasteiger partial charge in [-0.05, 0) is 30.5 Å². The molecule has 1 unspecified atom stereocenters. The number of piperidine rings is 1. The van der Waals surface area contributed by atoms with Gasteiger partial charge in [0.15, 0.2) is 23.0 Å². The minimum Gasteiger partial charge on any atom is -0.494 e. The van der Waals surface area contributed by atoms with E-state index < -0.39 is 17.2 Å². The van der Waals surface area contributed by atoms with E-state index in [4.69, 9.17) is 16.2 Å². The van der Waals surface area contributed by atoms with Crippen molar-refractivity contribution in [3.8, 4) is 17.0 Å². The second-order valence-corrected chi connectivity index (χ2v) is 9.36. The normalized spacial score (nSPS) is 17.6. The molecule has 12 heteroatoms. The van der Waals surface area contributed by atoms with Gasteiger partial charge in [0.25, 0.3) is 0 Å². The molecule has 0 spiro atoms. The fourth-order valence-corrected chi connectivity index (χ4v) is 4.98. The van der Waals surface area contributed by atoms with Crippen LogP contribution in [-0.2, 0) is 11.2 Å². The smallest absolute Gasteiger partial charge is 0.241 e. The maximum atomic E-state index is 15.0. The van der Waals surface area contributed by atoms with Crippen molar-refractivity contribution < 1.29 is 18.3 Å². The molecule has 4 aromatic rings. The van der Waals surface area contributed by atoms with Crippen molar-refractivity contribution in [2.45, 2.75) is 24.8 Å². The average Bonchev–Trinajstić information content (AvgIpc) is 3.33. The standard InChI is InChI=1S/C26H28F2N8O2/c1-31-25(37)26(30)4-3-6-35(14-26)21-13-33-20(17-10-19(28)22(38-2)11-18(17)27)9-15(21)8-16-12-34-24-23(29)32-5-7-36(16)24/h5,7,9-13H,3-4,6,8,14,30H2,1-2H3,(H2,29,32)(H,31,37). The van der Waals surface area contributed by atoms with Crippen molar-refractivity contribution in [2.24, 2.45) is 5.73 Å². The number of nitrogens with zero attached hydrogens (tertiary/aromatic N) is 5. The largest absolute Gasteiger partial charge is 0.494 e. The predicted molar refractivity (Wildman–Crippen MR) is 139 cm³/mol. The summed E-state index contributed by atoms with van der Waals surface area (Å²) in [6.07, 6.45) is 8.25. The molecule has 1 aliphatic heterocycles. The van der Waals surface area contributed by atoms with E-state index >= 15 is 0 Å². The number of nitrogens with two attached hydrogens (primary N) is 2. The number of fused-ring (bicyclic) bond motifs is 1. The molecule has 0 aliphatic carbocycles. The first-order valence-corrected chi connectivity index (χ1v) is 12.1. The first-order valence-electron chi connectivity index (χ1n) is 12.1. The molecule has 1 aliphatic rings. The number of likely N-dealkylation sites (N-methyl/N-ethyl adjacent to an activating group) is 1. The van der Waals surface area contributed by atoms with Crippen LogP contribution in [0.2, 0.25) is 0 Å².